The summed E-state index contributed by atoms with van der Waals surface area (Å²) in [4.78, 5) is 14.1. The van der Waals surface area contributed by atoms with Crippen molar-refractivity contribution >= 4 is 17.3 Å². The van der Waals surface area contributed by atoms with Crippen LogP contribution >= 0.6 is 0 Å². The van der Waals surface area contributed by atoms with Crippen molar-refractivity contribution in [3.05, 3.63) is 30.3 Å². The molecular weight excluding hydrogens is 348 g/mol. The maximum Gasteiger partial charge on any atom is 0.410 e. The molecule has 2 rings (SSSR count). The lowest BCUT2D eigenvalue weighted by Crippen LogP contribution is -2.50. The van der Waals surface area contributed by atoms with Crippen LogP contribution in [0.4, 0.5) is 13.6 Å². The van der Waals surface area contributed by atoms with Gasteiger partial charge in [0.1, 0.15) is 11.4 Å². The van der Waals surface area contributed by atoms with Gasteiger partial charge in [0, 0.05) is 31.8 Å². The second kappa shape index (κ2) is 7.91. The average Bonchev–Trinajstić information content (AvgIpc) is 2.52. The van der Waals surface area contributed by atoms with E-state index < -0.39 is 41.1 Å². The monoisotopic (exact) mass is 373 g/mol. The molecule has 0 radical (unpaired) electrons. The fourth-order valence-electron chi connectivity index (χ4n) is 2.71. The molecule has 4 nitrogen and oxygen atoms in total. The fraction of sp³-hybridized carbons (Fsp3) is 0.611. The Morgan fingerprint density at radius 1 is 1.36 bits per heavy atom. The van der Waals surface area contributed by atoms with Gasteiger partial charge in [0.15, 0.2) is 4.90 Å². The summed E-state index contributed by atoms with van der Waals surface area (Å²) < 4.78 is 46.0. The van der Waals surface area contributed by atoms with Gasteiger partial charge in [0.2, 0.25) is 0 Å². The molecule has 1 aliphatic heterocycles. The molecule has 1 heterocycles. The second-order valence-electron chi connectivity index (χ2n) is 7.29. The van der Waals surface area contributed by atoms with Crippen molar-refractivity contribution in [3.63, 3.8) is 0 Å². The van der Waals surface area contributed by atoms with Crippen LogP contribution in [-0.2, 0) is 15.9 Å². The number of hydrogen-bond donors (Lipinski definition) is 0. The second-order valence-corrected chi connectivity index (χ2v) is 8.86. The number of piperidine rings is 1. The minimum atomic E-state index is -2.86. The first-order valence-corrected chi connectivity index (χ1v) is 9.69. The van der Waals surface area contributed by atoms with Crippen molar-refractivity contribution in [2.75, 3.05) is 18.8 Å². The number of amides is 1. The lowest BCUT2D eigenvalue weighted by Gasteiger charge is -2.38. The van der Waals surface area contributed by atoms with Gasteiger partial charge in [-0.15, -0.1) is 0 Å². The number of alkyl halides is 2. The third kappa shape index (κ3) is 5.85. The molecule has 1 saturated heterocycles. The van der Waals surface area contributed by atoms with E-state index in [0.29, 0.717) is 4.90 Å². The lowest BCUT2D eigenvalue weighted by atomic mass is 9.91. The van der Waals surface area contributed by atoms with Crippen molar-refractivity contribution in [2.24, 2.45) is 5.92 Å². The fourth-order valence-corrected chi connectivity index (χ4v) is 3.91. The summed E-state index contributed by atoms with van der Waals surface area (Å²) in [6.45, 7) is 5.12. The van der Waals surface area contributed by atoms with E-state index in [-0.39, 0.29) is 25.3 Å². The van der Waals surface area contributed by atoms with Crippen LogP contribution in [-0.4, -0.2) is 45.9 Å². The number of nitrogens with zero attached hydrogens (tertiary/aromatic N) is 1. The van der Waals surface area contributed by atoms with Crippen LogP contribution in [0, 0.1) is 5.92 Å². The summed E-state index contributed by atoms with van der Waals surface area (Å²) in [6, 6.07) is 8.80. The van der Waals surface area contributed by atoms with E-state index in [2.05, 4.69) is 0 Å². The Morgan fingerprint density at radius 3 is 2.60 bits per heavy atom. The van der Waals surface area contributed by atoms with E-state index in [9.17, 15) is 18.1 Å². The zero-order valence-electron chi connectivity index (χ0n) is 14.8. The molecule has 2 atom stereocenters. The Kier molecular flexibility index (Phi) is 6.32. The van der Waals surface area contributed by atoms with Crippen LogP contribution in [0.25, 0.3) is 0 Å². The van der Waals surface area contributed by atoms with Gasteiger partial charge >= 0.3 is 6.09 Å². The van der Waals surface area contributed by atoms with Crippen LogP contribution in [0.3, 0.4) is 0 Å². The molecule has 0 N–H and O–H groups in total. The van der Waals surface area contributed by atoms with Gasteiger partial charge in [-0.05, 0) is 44.1 Å². The molecular formula is C18H25F2NO3S. The molecule has 140 valence electrons. The predicted octanol–water partition coefficient (Wildman–Crippen LogP) is 4.08. The van der Waals surface area contributed by atoms with Gasteiger partial charge < -0.3 is 14.2 Å². The van der Waals surface area contributed by atoms with Crippen LogP contribution < -0.4 is 0 Å². The van der Waals surface area contributed by atoms with Crippen LogP contribution in [0.15, 0.2) is 35.2 Å². The van der Waals surface area contributed by atoms with Crippen molar-refractivity contribution < 1.29 is 22.9 Å². The smallest absolute Gasteiger partial charge is 0.410 e. The molecule has 0 spiro atoms. The third-order valence-electron chi connectivity index (χ3n) is 4.06. The van der Waals surface area contributed by atoms with Crippen molar-refractivity contribution in [3.8, 4) is 0 Å². The summed E-state index contributed by atoms with van der Waals surface area (Å²) in [5.74, 6) is -3.73. The number of rotatable bonds is 4. The minimum Gasteiger partial charge on any atom is -0.611 e. The first-order chi connectivity index (χ1) is 11.6. The molecule has 25 heavy (non-hydrogen) atoms. The average molecular weight is 373 g/mol. The number of carbonyl (C=O) groups excluding carboxylic acids is 1. The van der Waals surface area contributed by atoms with E-state index in [0.717, 1.165) is 0 Å². The molecule has 1 amide bonds. The zero-order valence-corrected chi connectivity index (χ0v) is 15.7. The number of ether oxygens (including phenoxy) is 1. The molecule has 0 saturated carbocycles. The van der Waals surface area contributed by atoms with E-state index >= 15 is 0 Å². The number of hydrogen-bond acceptors (Lipinski definition) is 3. The first-order valence-electron chi connectivity index (χ1n) is 8.38. The van der Waals surface area contributed by atoms with E-state index in [1.165, 1.54) is 4.90 Å². The summed E-state index contributed by atoms with van der Waals surface area (Å²) in [5, 5.41) is 0. The Balaban J connectivity index is 1.96. The van der Waals surface area contributed by atoms with Crippen LogP contribution in [0.1, 0.15) is 33.6 Å². The Labute approximate surface area is 150 Å². The normalized spacial score (nSPS) is 21.7. The zero-order chi connectivity index (χ0) is 18.7. The molecule has 1 aromatic carbocycles. The van der Waals surface area contributed by atoms with Crippen LogP contribution in [0.5, 0.6) is 0 Å². The minimum absolute atomic E-state index is 0.0276. The Morgan fingerprint density at radius 2 is 2.00 bits per heavy atom. The molecule has 1 aliphatic rings. The topological polar surface area (TPSA) is 52.6 Å². The highest BCUT2D eigenvalue weighted by atomic mass is 32.2. The highest BCUT2D eigenvalue weighted by molar-refractivity contribution is 7.91. The van der Waals surface area contributed by atoms with Crippen molar-refractivity contribution in [1.82, 2.24) is 4.90 Å². The quantitative estimate of drug-likeness (QED) is 0.748. The maximum atomic E-state index is 14.2. The SMILES string of the molecule is CC(C)(C)OC(=O)N1CCC(F)(F)C(CC[S+]([O-])c2ccccc2)C1. The number of likely N-dealkylation sites (tertiary alicyclic amines) is 1. The highest BCUT2D eigenvalue weighted by Crippen LogP contribution is 2.36. The summed E-state index contributed by atoms with van der Waals surface area (Å²) in [7, 11) is 0. The first kappa shape index (κ1) is 20.0. The Bertz CT molecular complexity index is 577. The van der Waals surface area contributed by atoms with Gasteiger partial charge in [-0.25, -0.2) is 13.6 Å². The summed E-state index contributed by atoms with van der Waals surface area (Å²) in [5.41, 5.74) is -0.665. The standard InChI is InChI=1S/C18H25F2NO3S/c1-17(2,3)24-16(22)21-11-10-18(19,20)14(13-21)9-12-25(23)15-7-5-4-6-8-15/h4-8,14H,9-13H2,1-3H3. The number of halogens is 2. The van der Waals surface area contributed by atoms with Gasteiger partial charge in [0.25, 0.3) is 5.92 Å². The predicted molar refractivity (Wildman–Crippen MR) is 93.2 cm³/mol. The van der Waals surface area contributed by atoms with Crippen molar-refractivity contribution in [1.29, 1.82) is 0 Å². The van der Waals surface area contributed by atoms with Crippen molar-refractivity contribution in [2.45, 2.75) is 50.0 Å². The molecule has 0 bridgehead atoms. The largest absolute Gasteiger partial charge is 0.611 e. The molecule has 7 heteroatoms. The molecule has 2 unspecified atom stereocenters. The van der Waals surface area contributed by atoms with Gasteiger partial charge in [-0.1, -0.05) is 18.2 Å². The lowest BCUT2D eigenvalue weighted by molar-refractivity contribution is -0.105. The van der Waals surface area contributed by atoms with Crippen LogP contribution in [0.2, 0.25) is 0 Å². The van der Waals surface area contributed by atoms with E-state index in [4.69, 9.17) is 4.74 Å². The molecule has 0 aromatic heterocycles. The molecule has 0 aliphatic carbocycles. The molecule has 1 fully saturated rings. The summed E-state index contributed by atoms with van der Waals surface area (Å²) >= 11 is -1.32. The Hall–Kier alpha value is -1.34. The number of carbonyl (C=O) groups is 1. The molecule has 1 aromatic rings. The van der Waals surface area contributed by atoms with Gasteiger partial charge in [-0.2, -0.15) is 0 Å². The highest BCUT2D eigenvalue weighted by Gasteiger charge is 2.46. The number of benzene rings is 1. The van der Waals surface area contributed by atoms with E-state index in [1.54, 1.807) is 45.0 Å². The summed E-state index contributed by atoms with van der Waals surface area (Å²) in [6.07, 6.45) is -0.875. The van der Waals surface area contributed by atoms with Gasteiger partial charge in [0.05, 0.1) is 0 Å². The van der Waals surface area contributed by atoms with Gasteiger partial charge in [-0.3, -0.25) is 0 Å². The third-order valence-corrected chi connectivity index (χ3v) is 5.47. The van der Waals surface area contributed by atoms with E-state index in [1.807, 2.05) is 6.07 Å². The maximum absolute atomic E-state index is 14.2.